The Bertz CT molecular complexity index is 868. The lowest BCUT2D eigenvalue weighted by Gasteiger charge is -2.34. The fraction of sp³-hybridized carbons (Fsp3) is 0.222. The van der Waals surface area contributed by atoms with Gasteiger partial charge in [-0.3, -0.25) is 19.7 Å². The van der Waals surface area contributed by atoms with Gasteiger partial charge in [0.05, 0.1) is 23.7 Å². The molecule has 0 fully saturated rings. The average Bonchev–Trinajstić information content (AvgIpc) is 2.67. The lowest BCUT2D eigenvalue weighted by molar-refractivity contribution is -0.384. The number of nitrogens with zero attached hydrogens (tertiary/aromatic N) is 2. The number of nitro benzene ring substituents is 1. The topological polar surface area (TPSA) is 114 Å². The molecule has 0 saturated heterocycles. The molecule has 1 heterocycles. The van der Waals surface area contributed by atoms with Crippen LogP contribution in [0.15, 0.2) is 48.5 Å². The van der Waals surface area contributed by atoms with Gasteiger partial charge in [-0.1, -0.05) is 12.1 Å². The number of ether oxygens (including phenoxy) is 1. The number of non-ortho nitro benzene ring substituents is 1. The molecule has 3 rings (SSSR count). The summed E-state index contributed by atoms with van der Waals surface area (Å²) in [6.07, 6.45) is -0.725. The zero-order valence-electron chi connectivity index (χ0n) is 14.5. The van der Waals surface area contributed by atoms with Crippen LogP contribution in [-0.2, 0) is 9.59 Å². The van der Waals surface area contributed by atoms with Gasteiger partial charge in [-0.15, -0.1) is 0 Å². The van der Waals surface area contributed by atoms with Crippen molar-refractivity contribution in [3.8, 4) is 5.75 Å². The van der Waals surface area contributed by atoms with Gasteiger partial charge in [0.2, 0.25) is 5.91 Å². The molecule has 27 heavy (non-hydrogen) atoms. The number of carbonyl (C=O) groups excluding carboxylic acids is 2. The predicted octanol–water partition coefficient (Wildman–Crippen LogP) is 1.55. The van der Waals surface area contributed by atoms with Gasteiger partial charge in [-0.05, 0) is 24.3 Å². The number of hydrogen-bond acceptors (Lipinski definition) is 6. The second-order valence-electron chi connectivity index (χ2n) is 5.92. The van der Waals surface area contributed by atoms with Crippen LogP contribution in [0.1, 0.15) is 0 Å². The number of para-hydroxylation sites is 2. The summed E-state index contributed by atoms with van der Waals surface area (Å²) in [5.74, 6) is -0.0537. The highest BCUT2D eigenvalue weighted by molar-refractivity contribution is 5.95. The first-order valence-electron chi connectivity index (χ1n) is 8.24. The molecule has 1 atom stereocenters. The Balaban J connectivity index is 1.72. The molecule has 2 aromatic rings. The van der Waals surface area contributed by atoms with Gasteiger partial charge in [0.1, 0.15) is 5.75 Å². The van der Waals surface area contributed by atoms with E-state index in [0.717, 1.165) is 5.69 Å². The summed E-state index contributed by atoms with van der Waals surface area (Å²) in [5.41, 5.74) is 1.12. The van der Waals surface area contributed by atoms with Crippen molar-refractivity contribution >= 4 is 28.9 Å². The number of nitro groups is 1. The summed E-state index contributed by atoms with van der Waals surface area (Å²) in [4.78, 5) is 36.3. The molecule has 2 amide bonds. The van der Waals surface area contributed by atoms with Crippen LogP contribution in [0.2, 0.25) is 0 Å². The number of rotatable bonds is 5. The third-order valence-electron chi connectivity index (χ3n) is 4.10. The van der Waals surface area contributed by atoms with Gasteiger partial charge in [-0.2, -0.15) is 0 Å². The minimum atomic E-state index is -0.725. The minimum Gasteiger partial charge on any atom is -0.477 e. The summed E-state index contributed by atoms with van der Waals surface area (Å²) in [6, 6.07) is 12.7. The number of fused-ring (bicyclic) bond motifs is 1. The number of amides is 2. The third kappa shape index (κ3) is 4.14. The Hall–Kier alpha value is -3.62. The predicted molar refractivity (Wildman–Crippen MR) is 98.9 cm³/mol. The highest BCUT2D eigenvalue weighted by atomic mass is 16.6. The van der Waals surface area contributed by atoms with Crippen molar-refractivity contribution in [3.05, 3.63) is 58.6 Å². The zero-order chi connectivity index (χ0) is 19.4. The molecule has 0 bridgehead atoms. The second kappa shape index (κ2) is 7.73. The Morgan fingerprint density at radius 1 is 1.22 bits per heavy atom. The Morgan fingerprint density at radius 2 is 1.93 bits per heavy atom. The van der Waals surface area contributed by atoms with E-state index in [2.05, 4.69) is 10.6 Å². The van der Waals surface area contributed by atoms with Crippen LogP contribution in [0.5, 0.6) is 5.75 Å². The minimum absolute atomic E-state index is 0.00482. The summed E-state index contributed by atoms with van der Waals surface area (Å²) in [5, 5.41) is 15.9. The first kappa shape index (κ1) is 18.2. The standard InChI is InChI=1S/C18H18N4O5/c1-19-18(24)16-10-21(14-4-2-3-5-15(14)27-16)11-17(23)20-12-6-8-13(9-7-12)22(25)26/h2-9,16H,10-11H2,1H3,(H,19,24)(H,20,23)/t16-/m1/s1. The zero-order valence-corrected chi connectivity index (χ0v) is 14.5. The SMILES string of the molecule is CNC(=O)[C@H]1CN(CC(=O)Nc2ccc([N+](=O)[O-])cc2)c2ccccc2O1. The Kier molecular flexibility index (Phi) is 5.20. The van der Waals surface area contributed by atoms with Crippen LogP contribution < -0.4 is 20.3 Å². The number of likely N-dealkylation sites (N-methyl/N-ethyl adjacent to an activating group) is 1. The van der Waals surface area contributed by atoms with Crippen LogP contribution in [0, 0.1) is 10.1 Å². The van der Waals surface area contributed by atoms with E-state index in [-0.39, 0.29) is 30.6 Å². The van der Waals surface area contributed by atoms with Gasteiger partial charge in [-0.25, -0.2) is 0 Å². The quantitative estimate of drug-likeness (QED) is 0.610. The molecule has 2 aromatic carbocycles. The van der Waals surface area contributed by atoms with E-state index in [1.54, 1.807) is 17.0 Å². The highest BCUT2D eigenvalue weighted by Gasteiger charge is 2.31. The molecule has 0 unspecified atom stereocenters. The fourth-order valence-corrected chi connectivity index (χ4v) is 2.79. The second-order valence-corrected chi connectivity index (χ2v) is 5.92. The number of anilines is 2. The molecule has 0 saturated carbocycles. The van der Waals surface area contributed by atoms with Gasteiger partial charge in [0, 0.05) is 24.9 Å². The van der Waals surface area contributed by atoms with Crippen LogP contribution >= 0.6 is 0 Å². The maximum atomic E-state index is 12.4. The lowest BCUT2D eigenvalue weighted by Crippen LogP contribution is -2.50. The lowest BCUT2D eigenvalue weighted by atomic mass is 10.1. The van der Waals surface area contributed by atoms with Crippen molar-refractivity contribution in [2.75, 3.05) is 30.4 Å². The molecule has 140 valence electrons. The summed E-state index contributed by atoms with van der Waals surface area (Å²) in [7, 11) is 1.53. The molecule has 1 aliphatic heterocycles. The number of nitrogens with one attached hydrogen (secondary N) is 2. The molecule has 1 aliphatic rings. The molecular formula is C18H18N4O5. The molecule has 0 aliphatic carbocycles. The van der Waals surface area contributed by atoms with E-state index in [4.69, 9.17) is 4.74 Å². The average molecular weight is 370 g/mol. The smallest absolute Gasteiger partial charge is 0.269 e. The molecule has 0 spiro atoms. The van der Waals surface area contributed by atoms with E-state index >= 15 is 0 Å². The van der Waals surface area contributed by atoms with E-state index in [0.29, 0.717) is 11.4 Å². The number of hydrogen-bond donors (Lipinski definition) is 2. The van der Waals surface area contributed by atoms with E-state index in [1.807, 2.05) is 12.1 Å². The Morgan fingerprint density at radius 3 is 2.59 bits per heavy atom. The van der Waals surface area contributed by atoms with Gasteiger partial charge >= 0.3 is 0 Å². The van der Waals surface area contributed by atoms with E-state index in [9.17, 15) is 19.7 Å². The molecule has 2 N–H and O–H groups in total. The molecule has 9 nitrogen and oxygen atoms in total. The van der Waals surface area contributed by atoms with Crippen LogP contribution in [0.3, 0.4) is 0 Å². The summed E-state index contributed by atoms with van der Waals surface area (Å²) in [6.45, 7) is 0.231. The number of carbonyl (C=O) groups is 2. The van der Waals surface area contributed by atoms with Crippen LogP contribution in [0.25, 0.3) is 0 Å². The molecular weight excluding hydrogens is 352 g/mol. The summed E-state index contributed by atoms with van der Waals surface area (Å²) < 4.78 is 5.70. The van der Waals surface area contributed by atoms with Crippen molar-refractivity contribution in [3.63, 3.8) is 0 Å². The van der Waals surface area contributed by atoms with Crippen LogP contribution in [0.4, 0.5) is 17.1 Å². The highest BCUT2D eigenvalue weighted by Crippen LogP contribution is 2.33. The molecule has 0 aromatic heterocycles. The van der Waals surface area contributed by atoms with Crippen molar-refractivity contribution in [1.29, 1.82) is 0 Å². The molecule has 9 heteroatoms. The number of benzene rings is 2. The van der Waals surface area contributed by atoms with E-state index in [1.165, 1.54) is 31.3 Å². The van der Waals surface area contributed by atoms with Gasteiger partial charge in [0.15, 0.2) is 6.10 Å². The fourth-order valence-electron chi connectivity index (χ4n) is 2.79. The maximum absolute atomic E-state index is 12.4. The van der Waals surface area contributed by atoms with Crippen molar-refractivity contribution in [2.45, 2.75) is 6.10 Å². The normalized spacial score (nSPS) is 15.3. The van der Waals surface area contributed by atoms with Gasteiger partial charge in [0.25, 0.3) is 11.6 Å². The first-order chi connectivity index (χ1) is 13.0. The van der Waals surface area contributed by atoms with Crippen molar-refractivity contribution < 1.29 is 19.2 Å². The first-order valence-corrected chi connectivity index (χ1v) is 8.24. The third-order valence-corrected chi connectivity index (χ3v) is 4.10. The molecule has 0 radical (unpaired) electrons. The monoisotopic (exact) mass is 370 g/mol. The largest absolute Gasteiger partial charge is 0.477 e. The van der Waals surface area contributed by atoms with Crippen molar-refractivity contribution in [2.24, 2.45) is 0 Å². The van der Waals surface area contributed by atoms with Crippen molar-refractivity contribution in [1.82, 2.24) is 5.32 Å². The maximum Gasteiger partial charge on any atom is 0.269 e. The van der Waals surface area contributed by atoms with Gasteiger partial charge < -0.3 is 20.3 Å². The Labute approximate surface area is 155 Å². The summed E-state index contributed by atoms with van der Waals surface area (Å²) >= 11 is 0. The van der Waals surface area contributed by atoms with Crippen LogP contribution in [-0.4, -0.2) is 43.0 Å². The van der Waals surface area contributed by atoms with E-state index < -0.39 is 11.0 Å².